The van der Waals surface area contributed by atoms with Crippen LogP contribution in [0.3, 0.4) is 0 Å². The molecule has 2 rings (SSSR count). The van der Waals surface area contributed by atoms with Gasteiger partial charge in [0.15, 0.2) is 0 Å². The zero-order valence-electron chi connectivity index (χ0n) is 13.0. The minimum Gasteiger partial charge on any atom is -0.255 e. The van der Waals surface area contributed by atoms with Gasteiger partial charge in [-0.25, -0.2) is 0 Å². The first kappa shape index (κ1) is 16.3. The van der Waals surface area contributed by atoms with E-state index in [1.165, 1.54) is 32.6 Å². The van der Waals surface area contributed by atoms with Crippen LogP contribution in [0.4, 0.5) is 0 Å². The summed E-state index contributed by atoms with van der Waals surface area (Å²) < 4.78 is 0. The van der Waals surface area contributed by atoms with Crippen molar-refractivity contribution in [2.75, 3.05) is 0 Å². The van der Waals surface area contributed by atoms with Gasteiger partial charge in [-0.3, -0.25) is 8.80 Å². The van der Waals surface area contributed by atoms with E-state index in [0.29, 0.717) is 0 Å². The summed E-state index contributed by atoms with van der Waals surface area (Å²) in [4.78, 5) is 0. The number of benzene rings is 2. The second kappa shape index (κ2) is 6.61. The SMILES string of the molecule is Cc1cc(C)cc([Si-](C)c2cc(C)cc(C)c2)c1.[Li+]. The fourth-order valence-electron chi connectivity index (χ4n) is 2.55. The Morgan fingerprint density at radius 1 is 0.579 bits per heavy atom. The Kier molecular flexibility index (Phi) is 5.68. The Morgan fingerprint density at radius 3 is 1.11 bits per heavy atom. The quantitative estimate of drug-likeness (QED) is 0.675. The predicted octanol–water partition coefficient (Wildman–Crippen LogP) is 0.163. The van der Waals surface area contributed by atoms with Gasteiger partial charge < -0.3 is 0 Å². The van der Waals surface area contributed by atoms with Gasteiger partial charge in [0.2, 0.25) is 0 Å². The van der Waals surface area contributed by atoms with E-state index in [-0.39, 0.29) is 18.9 Å². The molecular weight excluding hydrogens is 239 g/mol. The molecule has 0 spiro atoms. The van der Waals surface area contributed by atoms with Gasteiger partial charge in [-0.1, -0.05) is 58.7 Å². The molecule has 0 unspecified atom stereocenters. The van der Waals surface area contributed by atoms with Gasteiger partial charge in [0.05, 0.1) is 0 Å². The molecule has 2 aromatic rings. The zero-order chi connectivity index (χ0) is 13.3. The van der Waals surface area contributed by atoms with Gasteiger partial charge in [-0.15, -0.1) is 0 Å². The molecular formula is C17H21LiSi. The average molecular weight is 260 g/mol. The fourth-order valence-corrected chi connectivity index (χ4v) is 4.66. The van der Waals surface area contributed by atoms with E-state index in [0.717, 1.165) is 0 Å². The minimum absolute atomic E-state index is 0. The van der Waals surface area contributed by atoms with E-state index in [1.54, 1.807) is 0 Å². The van der Waals surface area contributed by atoms with Crippen LogP contribution in [0, 0.1) is 27.7 Å². The van der Waals surface area contributed by atoms with Crippen LogP contribution in [-0.2, 0) is 0 Å². The molecule has 2 heteroatoms. The zero-order valence-corrected chi connectivity index (χ0v) is 14.0. The van der Waals surface area contributed by atoms with E-state index < -0.39 is 8.80 Å². The van der Waals surface area contributed by atoms with E-state index >= 15 is 0 Å². The smallest absolute Gasteiger partial charge is 0.255 e. The monoisotopic (exact) mass is 260 g/mol. The van der Waals surface area contributed by atoms with Gasteiger partial charge in [-0.2, -0.15) is 16.9 Å². The van der Waals surface area contributed by atoms with Crippen molar-refractivity contribution >= 4 is 19.2 Å². The molecule has 0 saturated carbocycles. The van der Waals surface area contributed by atoms with E-state index in [9.17, 15) is 0 Å². The van der Waals surface area contributed by atoms with Crippen molar-refractivity contribution in [3.63, 3.8) is 0 Å². The number of rotatable bonds is 2. The van der Waals surface area contributed by atoms with Gasteiger partial charge in [0, 0.05) is 0 Å². The van der Waals surface area contributed by atoms with E-state index in [4.69, 9.17) is 0 Å². The third kappa shape index (κ3) is 4.11. The van der Waals surface area contributed by atoms with Gasteiger partial charge in [-0.05, 0) is 27.7 Å². The van der Waals surface area contributed by atoms with Crippen molar-refractivity contribution in [2.24, 2.45) is 0 Å². The van der Waals surface area contributed by atoms with Crippen LogP contribution in [0.2, 0.25) is 6.55 Å². The summed E-state index contributed by atoms with van der Waals surface area (Å²) in [6.45, 7) is 11.1. The first-order chi connectivity index (χ1) is 8.45. The molecule has 0 aliphatic rings. The Morgan fingerprint density at radius 2 is 0.842 bits per heavy atom. The molecule has 0 radical (unpaired) electrons. The average Bonchev–Trinajstić information content (AvgIpc) is 2.25. The van der Waals surface area contributed by atoms with E-state index in [1.807, 2.05) is 0 Å². The van der Waals surface area contributed by atoms with Crippen LogP contribution in [0.5, 0.6) is 0 Å². The topological polar surface area (TPSA) is 0 Å². The maximum Gasteiger partial charge on any atom is 1.00 e. The van der Waals surface area contributed by atoms with Crippen LogP contribution >= 0.6 is 0 Å². The summed E-state index contributed by atoms with van der Waals surface area (Å²) in [5.41, 5.74) is 5.50. The van der Waals surface area contributed by atoms with Gasteiger partial charge in [0.1, 0.15) is 0 Å². The van der Waals surface area contributed by atoms with Crippen molar-refractivity contribution in [3.8, 4) is 0 Å². The number of aryl methyl sites for hydroxylation is 4. The molecule has 0 N–H and O–H groups in total. The normalized spacial score (nSPS) is 9.95. The second-order valence-corrected chi connectivity index (χ2v) is 7.78. The molecule has 0 aromatic heterocycles. The summed E-state index contributed by atoms with van der Waals surface area (Å²) in [7, 11) is -0.633. The molecule has 0 atom stereocenters. The molecule has 0 nitrogen and oxygen atoms in total. The summed E-state index contributed by atoms with van der Waals surface area (Å²) in [6, 6.07) is 13.9. The van der Waals surface area contributed by atoms with E-state index in [2.05, 4.69) is 70.6 Å². The standard InChI is InChI=1S/C17H21Si.Li/c1-12-6-13(2)9-16(8-12)18(5)17-10-14(3)7-15(4)11-17;/h6-11H,1-5H3;/q-1;+1. The Hall–Kier alpha value is -0.746. The van der Waals surface area contributed by atoms with Crippen LogP contribution < -0.4 is 29.2 Å². The second-order valence-electron chi connectivity index (χ2n) is 5.38. The largest absolute Gasteiger partial charge is 1.00 e. The Bertz CT molecular complexity index is 483. The molecule has 0 saturated heterocycles. The van der Waals surface area contributed by atoms with Gasteiger partial charge >= 0.3 is 18.9 Å². The number of hydrogen-bond acceptors (Lipinski definition) is 0. The molecule has 0 bridgehead atoms. The van der Waals surface area contributed by atoms with Crippen molar-refractivity contribution in [2.45, 2.75) is 34.2 Å². The molecule has 0 heterocycles. The van der Waals surface area contributed by atoms with Crippen molar-refractivity contribution in [3.05, 3.63) is 58.7 Å². The first-order valence-corrected chi connectivity index (χ1v) is 8.46. The molecule has 2 aromatic carbocycles. The van der Waals surface area contributed by atoms with Crippen LogP contribution in [0.1, 0.15) is 22.3 Å². The molecule has 0 aliphatic carbocycles. The summed E-state index contributed by atoms with van der Waals surface area (Å²) in [6.07, 6.45) is 0. The molecule has 19 heavy (non-hydrogen) atoms. The van der Waals surface area contributed by atoms with Crippen molar-refractivity contribution in [1.82, 2.24) is 0 Å². The Balaban J connectivity index is 0.00000180. The predicted molar refractivity (Wildman–Crippen MR) is 82.7 cm³/mol. The van der Waals surface area contributed by atoms with Crippen LogP contribution in [0.15, 0.2) is 36.4 Å². The Labute approximate surface area is 131 Å². The third-order valence-corrected chi connectivity index (χ3v) is 5.62. The molecule has 0 aliphatic heterocycles. The summed E-state index contributed by atoms with van der Waals surface area (Å²) in [5, 5.41) is 3.03. The van der Waals surface area contributed by atoms with Crippen LogP contribution in [-0.4, -0.2) is 8.80 Å². The van der Waals surface area contributed by atoms with Gasteiger partial charge in [0.25, 0.3) is 0 Å². The van der Waals surface area contributed by atoms with Crippen molar-refractivity contribution < 1.29 is 18.9 Å². The molecule has 0 fully saturated rings. The maximum atomic E-state index is 2.40. The summed E-state index contributed by atoms with van der Waals surface area (Å²) in [5.74, 6) is 0. The van der Waals surface area contributed by atoms with Crippen LogP contribution in [0.25, 0.3) is 0 Å². The van der Waals surface area contributed by atoms with Crippen molar-refractivity contribution in [1.29, 1.82) is 0 Å². The number of hydrogen-bond donors (Lipinski definition) is 0. The molecule has 94 valence electrons. The fraction of sp³-hybridized carbons (Fsp3) is 0.294. The third-order valence-electron chi connectivity index (χ3n) is 3.31. The first-order valence-electron chi connectivity index (χ1n) is 6.46. The minimum atomic E-state index is -0.633. The molecule has 0 amide bonds. The summed E-state index contributed by atoms with van der Waals surface area (Å²) >= 11 is 0. The maximum absolute atomic E-state index is 2.40.